The van der Waals surface area contributed by atoms with Crippen LogP contribution in [0.1, 0.15) is 29.8 Å². The Kier molecular flexibility index (Phi) is 4.01. The van der Waals surface area contributed by atoms with Gasteiger partial charge in [0, 0.05) is 5.56 Å². The number of rotatable bonds is 4. The van der Waals surface area contributed by atoms with Crippen molar-refractivity contribution in [3.05, 3.63) is 66.3 Å². The summed E-state index contributed by atoms with van der Waals surface area (Å²) >= 11 is 0. The fraction of sp³-hybridized carbons (Fsp3) is 0.133. The molecule has 0 spiro atoms. The summed E-state index contributed by atoms with van der Waals surface area (Å²) in [5.41, 5.74) is 3.64. The Morgan fingerprint density at radius 2 is 1.50 bits per heavy atom. The number of Topliss-reactive ketones (excluding diaryl/α,β-unsaturated/α-hetero) is 1. The van der Waals surface area contributed by atoms with E-state index in [0.717, 1.165) is 22.3 Å². The number of ketones is 1. The molecule has 1 heteroatoms. The van der Waals surface area contributed by atoms with E-state index in [9.17, 15) is 4.79 Å². The predicted octanol–water partition coefficient (Wildman–Crippen LogP) is 4.03. The normalized spacial score (nSPS) is 10.4. The van der Waals surface area contributed by atoms with Crippen LogP contribution in [0.3, 0.4) is 0 Å². The van der Waals surface area contributed by atoms with E-state index in [-0.39, 0.29) is 5.78 Å². The monoisotopic (exact) mass is 212 g/mol. The lowest BCUT2D eigenvalue weighted by Crippen LogP contribution is -1.91. The molecule has 0 aliphatic heterocycles. The zero-order valence-corrected chi connectivity index (χ0v) is 9.79. The molecule has 82 valence electrons. The topological polar surface area (TPSA) is 17.1 Å². The zero-order chi connectivity index (χ0) is 12.1. The zero-order valence-electron chi connectivity index (χ0n) is 9.79. The molecule has 0 aliphatic carbocycles. The third-order valence-corrected chi connectivity index (χ3v) is 2.23. The van der Waals surface area contributed by atoms with Crippen LogP contribution in [0, 0.1) is 0 Å². The van der Waals surface area contributed by atoms with E-state index < -0.39 is 0 Å². The highest BCUT2D eigenvalue weighted by atomic mass is 16.1. The lowest BCUT2D eigenvalue weighted by molar-refractivity contribution is 0.101. The van der Waals surface area contributed by atoms with Crippen molar-refractivity contribution >= 4 is 11.4 Å². The summed E-state index contributed by atoms with van der Waals surface area (Å²) in [4.78, 5) is 11.1. The first-order valence-electron chi connectivity index (χ1n) is 5.14. The van der Waals surface area contributed by atoms with Crippen molar-refractivity contribution in [2.45, 2.75) is 13.8 Å². The summed E-state index contributed by atoms with van der Waals surface area (Å²) in [5.74, 6) is 0.0784. The maximum absolute atomic E-state index is 11.1. The van der Waals surface area contributed by atoms with Gasteiger partial charge in [-0.05, 0) is 25.0 Å². The summed E-state index contributed by atoms with van der Waals surface area (Å²) in [7, 11) is 0. The number of carbonyl (C=O) groups excluding carboxylic acids is 1. The Labute approximate surface area is 96.8 Å². The van der Waals surface area contributed by atoms with Gasteiger partial charge in [0.25, 0.3) is 0 Å². The molecule has 0 fully saturated rings. The Balaban J connectivity index is 2.86. The predicted molar refractivity (Wildman–Crippen MR) is 69.4 cm³/mol. The fourth-order valence-electron chi connectivity index (χ4n) is 1.26. The molecule has 0 saturated carbocycles. The van der Waals surface area contributed by atoms with E-state index in [4.69, 9.17) is 0 Å². The van der Waals surface area contributed by atoms with Crippen LogP contribution in [0.5, 0.6) is 0 Å². The minimum absolute atomic E-state index is 0.0784. The third-order valence-electron chi connectivity index (χ3n) is 2.23. The minimum Gasteiger partial charge on any atom is -0.295 e. The first-order valence-corrected chi connectivity index (χ1v) is 5.14. The molecule has 1 rings (SSSR count). The van der Waals surface area contributed by atoms with Crippen molar-refractivity contribution in [3.8, 4) is 0 Å². The van der Waals surface area contributed by atoms with Crippen LogP contribution in [0.4, 0.5) is 0 Å². The van der Waals surface area contributed by atoms with Gasteiger partial charge in [-0.25, -0.2) is 0 Å². The second-order valence-corrected chi connectivity index (χ2v) is 3.84. The average Bonchev–Trinajstić information content (AvgIpc) is 2.26. The van der Waals surface area contributed by atoms with Crippen molar-refractivity contribution in [1.82, 2.24) is 0 Å². The van der Waals surface area contributed by atoms with Gasteiger partial charge in [-0.15, -0.1) is 0 Å². The fourth-order valence-corrected chi connectivity index (χ4v) is 1.26. The second-order valence-electron chi connectivity index (χ2n) is 3.84. The van der Waals surface area contributed by atoms with Crippen molar-refractivity contribution in [2.75, 3.05) is 0 Å². The Morgan fingerprint density at radius 1 is 1.00 bits per heavy atom. The van der Waals surface area contributed by atoms with Gasteiger partial charge in [-0.2, -0.15) is 0 Å². The first kappa shape index (κ1) is 12.2. The van der Waals surface area contributed by atoms with Gasteiger partial charge in [0.15, 0.2) is 5.78 Å². The number of carbonyl (C=O) groups is 1. The van der Waals surface area contributed by atoms with Crippen LogP contribution in [-0.4, -0.2) is 5.78 Å². The Morgan fingerprint density at radius 3 is 1.94 bits per heavy atom. The van der Waals surface area contributed by atoms with Crippen LogP contribution in [-0.2, 0) is 0 Å². The molecule has 0 atom stereocenters. The quantitative estimate of drug-likeness (QED) is 0.544. The molecule has 0 aromatic heterocycles. The van der Waals surface area contributed by atoms with Crippen molar-refractivity contribution in [2.24, 2.45) is 0 Å². The van der Waals surface area contributed by atoms with Crippen LogP contribution in [0.15, 0.2) is 55.1 Å². The summed E-state index contributed by atoms with van der Waals surface area (Å²) in [6.07, 6.45) is 3.84. The highest BCUT2D eigenvalue weighted by Gasteiger charge is 1.99. The summed E-state index contributed by atoms with van der Waals surface area (Å²) in [6.45, 7) is 11.2. The standard InChI is InChI=1S/C15H16O/c1-11(2)5-6-12(3)14-7-9-15(10-8-14)13(4)16/h5-10H,1,3H2,2,4H3/b6-5-. The molecule has 0 amide bonds. The lowest BCUT2D eigenvalue weighted by atomic mass is 10.0. The Bertz CT molecular complexity index is 447. The maximum atomic E-state index is 11.1. The molecular formula is C15H16O. The molecule has 0 bridgehead atoms. The SMILES string of the molecule is C=C(C)/C=C\C(=C)c1ccc(C(C)=O)cc1. The first-order chi connectivity index (χ1) is 7.50. The van der Waals surface area contributed by atoms with E-state index in [1.807, 2.05) is 43.3 Å². The summed E-state index contributed by atoms with van der Waals surface area (Å²) < 4.78 is 0. The molecular weight excluding hydrogens is 196 g/mol. The minimum atomic E-state index is 0.0784. The highest BCUT2D eigenvalue weighted by molar-refractivity contribution is 5.94. The molecule has 16 heavy (non-hydrogen) atoms. The molecule has 0 N–H and O–H groups in total. The third kappa shape index (κ3) is 3.35. The molecule has 0 heterocycles. The van der Waals surface area contributed by atoms with Crippen LogP contribution in [0.25, 0.3) is 5.57 Å². The second kappa shape index (κ2) is 5.26. The van der Waals surface area contributed by atoms with Crippen LogP contribution >= 0.6 is 0 Å². The van der Waals surface area contributed by atoms with Crippen molar-refractivity contribution in [1.29, 1.82) is 0 Å². The van der Waals surface area contributed by atoms with E-state index >= 15 is 0 Å². The molecule has 1 aromatic rings. The highest BCUT2D eigenvalue weighted by Crippen LogP contribution is 2.15. The number of allylic oxidation sites excluding steroid dienone is 4. The van der Waals surface area contributed by atoms with Crippen molar-refractivity contribution in [3.63, 3.8) is 0 Å². The van der Waals surface area contributed by atoms with Gasteiger partial charge in [-0.1, -0.05) is 55.1 Å². The number of benzene rings is 1. The number of hydrogen-bond donors (Lipinski definition) is 0. The lowest BCUT2D eigenvalue weighted by Gasteiger charge is -2.01. The van der Waals surface area contributed by atoms with Gasteiger partial charge < -0.3 is 0 Å². The van der Waals surface area contributed by atoms with E-state index in [1.54, 1.807) is 6.92 Å². The molecule has 1 nitrogen and oxygen atoms in total. The van der Waals surface area contributed by atoms with E-state index in [0.29, 0.717) is 0 Å². The molecule has 0 radical (unpaired) electrons. The van der Waals surface area contributed by atoms with Crippen LogP contribution < -0.4 is 0 Å². The van der Waals surface area contributed by atoms with E-state index in [1.165, 1.54) is 0 Å². The Hall–Kier alpha value is -1.89. The largest absolute Gasteiger partial charge is 0.295 e. The van der Waals surface area contributed by atoms with E-state index in [2.05, 4.69) is 13.2 Å². The van der Waals surface area contributed by atoms with Gasteiger partial charge in [0.2, 0.25) is 0 Å². The summed E-state index contributed by atoms with van der Waals surface area (Å²) in [6, 6.07) is 7.44. The van der Waals surface area contributed by atoms with Gasteiger partial charge in [0.05, 0.1) is 0 Å². The number of hydrogen-bond acceptors (Lipinski definition) is 1. The molecule has 0 aliphatic rings. The molecule has 0 unspecified atom stereocenters. The maximum Gasteiger partial charge on any atom is 0.159 e. The smallest absolute Gasteiger partial charge is 0.159 e. The van der Waals surface area contributed by atoms with Gasteiger partial charge >= 0.3 is 0 Å². The molecule has 1 aromatic carbocycles. The molecule has 0 saturated heterocycles. The van der Waals surface area contributed by atoms with Crippen molar-refractivity contribution < 1.29 is 4.79 Å². The van der Waals surface area contributed by atoms with Crippen LogP contribution in [0.2, 0.25) is 0 Å². The van der Waals surface area contributed by atoms with Gasteiger partial charge in [0.1, 0.15) is 0 Å². The average molecular weight is 212 g/mol. The summed E-state index contributed by atoms with van der Waals surface area (Å²) in [5, 5.41) is 0. The van der Waals surface area contributed by atoms with Gasteiger partial charge in [-0.3, -0.25) is 4.79 Å².